The highest BCUT2D eigenvalue weighted by Gasteiger charge is 2.04. The summed E-state index contributed by atoms with van der Waals surface area (Å²) in [5, 5.41) is 2.84. The Morgan fingerprint density at radius 2 is 2.14 bits per heavy atom. The Morgan fingerprint density at radius 3 is 2.86 bits per heavy atom. The minimum absolute atomic E-state index is 0. The number of fused-ring (bicyclic) bond motifs is 1. The molecule has 124 valence electrons. The first-order valence-corrected chi connectivity index (χ1v) is 7.83. The fourth-order valence-corrected chi connectivity index (χ4v) is 2.59. The van der Waals surface area contributed by atoms with Crippen LogP contribution < -0.4 is 11.1 Å². The monoisotopic (exact) mass is 364 g/mol. The van der Waals surface area contributed by atoms with Crippen molar-refractivity contribution in [1.82, 2.24) is 14.7 Å². The molecule has 3 N–H and O–H groups in total. The van der Waals surface area contributed by atoms with E-state index >= 15 is 0 Å². The largest absolute Gasteiger partial charge is 0.355 e. The van der Waals surface area contributed by atoms with Crippen molar-refractivity contribution in [2.75, 3.05) is 18.8 Å². The zero-order valence-electron chi connectivity index (χ0n) is 12.4. The van der Waals surface area contributed by atoms with E-state index in [1.54, 1.807) is 11.8 Å². The molecule has 0 aliphatic rings. The van der Waals surface area contributed by atoms with Crippen molar-refractivity contribution in [1.29, 1.82) is 0 Å². The van der Waals surface area contributed by atoms with E-state index in [2.05, 4.69) is 23.4 Å². The van der Waals surface area contributed by atoms with E-state index in [1.807, 2.05) is 22.7 Å². The fourth-order valence-electron chi connectivity index (χ4n) is 1.85. The van der Waals surface area contributed by atoms with Gasteiger partial charge in [-0.05, 0) is 31.5 Å². The minimum atomic E-state index is 0. The molecule has 1 amide bonds. The molecule has 0 atom stereocenters. The third-order valence-corrected chi connectivity index (χ3v) is 3.80. The van der Waals surface area contributed by atoms with Crippen LogP contribution in [0, 0.1) is 6.92 Å². The van der Waals surface area contributed by atoms with Crippen molar-refractivity contribution < 1.29 is 4.79 Å². The van der Waals surface area contributed by atoms with Gasteiger partial charge in [0.15, 0.2) is 0 Å². The molecule has 2 heterocycles. The van der Waals surface area contributed by atoms with Crippen LogP contribution in [0.1, 0.15) is 17.7 Å². The molecule has 22 heavy (non-hydrogen) atoms. The van der Waals surface area contributed by atoms with Crippen LogP contribution in [-0.2, 0) is 10.5 Å². The predicted octanol–water partition coefficient (Wildman–Crippen LogP) is 2.18. The third-order valence-electron chi connectivity index (χ3n) is 2.83. The van der Waals surface area contributed by atoms with Crippen molar-refractivity contribution in [2.45, 2.75) is 19.1 Å². The number of nitrogens with two attached hydrogens (primary N) is 1. The highest BCUT2D eigenvalue weighted by Crippen LogP contribution is 2.13. The molecule has 0 radical (unpaired) electrons. The summed E-state index contributed by atoms with van der Waals surface area (Å²) in [6, 6.07) is 4.05. The standard InChI is InChI=1S/C14H20N4OS.2ClH/c1-11-3-4-13-17-12(8-18(13)7-11)9-20-10-14(19)16-6-2-5-15;;/h3-4,7-8H,2,5-6,9-10,15H2,1H3,(H,16,19);2*1H. The summed E-state index contributed by atoms with van der Waals surface area (Å²) in [7, 11) is 0. The lowest BCUT2D eigenvalue weighted by molar-refractivity contribution is -0.118. The molecule has 0 aliphatic heterocycles. The number of nitrogens with zero attached hydrogens (tertiary/aromatic N) is 2. The summed E-state index contributed by atoms with van der Waals surface area (Å²) in [5.41, 5.74) is 8.51. The third kappa shape index (κ3) is 6.44. The Morgan fingerprint density at radius 1 is 1.36 bits per heavy atom. The first-order chi connectivity index (χ1) is 9.69. The van der Waals surface area contributed by atoms with Gasteiger partial charge in [-0.2, -0.15) is 0 Å². The van der Waals surface area contributed by atoms with Crippen LogP contribution in [0.2, 0.25) is 0 Å². The van der Waals surface area contributed by atoms with Crippen LogP contribution >= 0.6 is 36.6 Å². The predicted molar refractivity (Wildman–Crippen MR) is 97.3 cm³/mol. The quantitative estimate of drug-likeness (QED) is 0.738. The van der Waals surface area contributed by atoms with Crippen LogP contribution in [0.3, 0.4) is 0 Å². The molecule has 0 saturated carbocycles. The molecule has 0 unspecified atom stereocenters. The summed E-state index contributed by atoms with van der Waals surface area (Å²) in [6.45, 7) is 3.32. The van der Waals surface area contributed by atoms with E-state index in [9.17, 15) is 4.79 Å². The van der Waals surface area contributed by atoms with Gasteiger partial charge in [-0.1, -0.05) is 6.07 Å². The summed E-state index contributed by atoms with van der Waals surface area (Å²) in [6.07, 6.45) is 4.89. The van der Waals surface area contributed by atoms with E-state index in [0.717, 1.165) is 23.5 Å². The Hall–Kier alpha value is -0.950. The van der Waals surface area contributed by atoms with Gasteiger partial charge in [-0.15, -0.1) is 36.6 Å². The molecule has 0 saturated heterocycles. The molecule has 8 heteroatoms. The first-order valence-electron chi connectivity index (χ1n) is 6.68. The lowest BCUT2D eigenvalue weighted by atomic mass is 10.3. The van der Waals surface area contributed by atoms with Crippen molar-refractivity contribution >= 4 is 48.1 Å². The number of amides is 1. The van der Waals surface area contributed by atoms with E-state index in [4.69, 9.17) is 5.73 Å². The average molecular weight is 365 g/mol. The molecular weight excluding hydrogens is 343 g/mol. The van der Waals surface area contributed by atoms with Gasteiger partial charge in [-0.25, -0.2) is 4.98 Å². The number of pyridine rings is 1. The summed E-state index contributed by atoms with van der Waals surface area (Å²) in [5.74, 6) is 1.26. The molecule has 2 aromatic heterocycles. The van der Waals surface area contributed by atoms with Crippen molar-refractivity contribution in [3.63, 3.8) is 0 Å². The molecule has 0 aliphatic carbocycles. The first kappa shape index (κ1) is 21.0. The number of imidazole rings is 1. The average Bonchev–Trinajstić information content (AvgIpc) is 2.81. The maximum Gasteiger partial charge on any atom is 0.230 e. The van der Waals surface area contributed by atoms with E-state index < -0.39 is 0 Å². The van der Waals surface area contributed by atoms with Crippen LogP contribution in [-0.4, -0.2) is 34.1 Å². The SMILES string of the molecule is Cc1ccc2nc(CSCC(=O)NCCCN)cn2c1.Cl.Cl. The normalized spacial score (nSPS) is 9.91. The van der Waals surface area contributed by atoms with Gasteiger partial charge in [0.25, 0.3) is 0 Å². The topological polar surface area (TPSA) is 72.4 Å². The zero-order chi connectivity index (χ0) is 14.4. The Kier molecular flexibility index (Phi) is 10.3. The van der Waals surface area contributed by atoms with Gasteiger partial charge in [0.2, 0.25) is 5.91 Å². The second-order valence-electron chi connectivity index (χ2n) is 4.69. The van der Waals surface area contributed by atoms with Crippen molar-refractivity contribution in [3.05, 3.63) is 35.8 Å². The van der Waals surface area contributed by atoms with Gasteiger partial charge in [0.05, 0.1) is 11.4 Å². The maximum absolute atomic E-state index is 11.5. The second kappa shape index (κ2) is 10.7. The molecular formula is C14H22Cl2N4OS. The minimum Gasteiger partial charge on any atom is -0.355 e. The summed E-state index contributed by atoms with van der Waals surface area (Å²) in [4.78, 5) is 16.0. The van der Waals surface area contributed by atoms with Crippen molar-refractivity contribution in [2.24, 2.45) is 5.73 Å². The number of hydrogen-bond donors (Lipinski definition) is 2. The highest BCUT2D eigenvalue weighted by molar-refractivity contribution is 7.99. The number of halogens is 2. The number of carbonyl (C=O) groups excluding carboxylic acids is 1. The van der Waals surface area contributed by atoms with E-state index in [-0.39, 0.29) is 30.7 Å². The Balaban J connectivity index is 0.00000220. The Labute approximate surface area is 147 Å². The van der Waals surface area contributed by atoms with Crippen LogP contribution in [0.15, 0.2) is 24.5 Å². The van der Waals surface area contributed by atoms with Gasteiger partial charge in [-0.3, -0.25) is 4.79 Å². The number of aromatic nitrogens is 2. The van der Waals surface area contributed by atoms with Gasteiger partial charge < -0.3 is 15.5 Å². The summed E-state index contributed by atoms with van der Waals surface area (Å²) >= 11 is 1.57. The molecule has 0 bridgehead atoms. The lowest BCUT2D eigenvalue weighted by Gasteiger charge is -2.02. The molecule has 0 fully saturated rings. The maximum atomic E-state index is 11.5. The molecule has 0 aromatic carbocycles. The van der Waals surface area contributed by atoms with Crippen LogP contribution in [0.4, 0.5) is 0 Å². The summed E-state index contributed by atoms with van der Waals surface area (Å²) < 4.78 is 2.02. The second-order valence-corrected chi connectivity index (χ2v) is 5.67. The number of nitrogens with one attached hydrogen (secondary N) is 1. The zero-order valence-corrected chi connectivity index (χ0v) is 14.9. The number of thioether (sulfide) groups is 1. The van der Waals surface area contributed by atoms with E-state index in [0.29, 0.717) is 18.8 Å². The molecule has 0 spiro atoms. The van der Waals surface area contributed by atoms with Crippen LogP contribution in [0.25, 0.3) is 5.65 Å². The fraction of sp³-hybridized carbons (Fsp3) is 0.429. The number of hydrogen-bond acceptors (Lipinski definition) is 4. The van der Waals surface area contributed by atoms with Gasteiger partial charge in [0.1, 0.15) is 5.65 Å². The highest BCUT2D eigenvalue weighted by atomic mass is 35.5. The number of carbonyl (C=O) groups is 1. The van der Waals surface area contributed by atoms with Gasteiger partial charge >= 0.3 is 0 Å². The van der Waals surface area contributed by atoms with Gasteiger partial charge in [0, 0.05) is 24.7 Å². The van der Waals surface area contributed by atoms with Crippen LogP contribution in [0.5, 0.6) is 0 Å². The smallest absolute Gasteiger partial charge is 0.230 e. The number of rotatable bonds is 7. The molecule has 5 nitrogen and oxygen atoms in total. The van der Waals surface area contributed by atoms with Crippen molar-refractivity contribution in [3.8, 4) is 0 Å². The lowest BCUT2D eigenvalue weighted by Crippen LogP contribution is -2.27. The molecule has 2 aromatic rings. The van der Waals surface area contributed by atoms with E-state index in [1.165, 1.54) is 5.56 Å². The number of aryl methyl sites for hydroxylation is 1. The molecule has 2 rings (SSSR count). The Bertz CT molecular complexity index is 591.